The largest absolute Gasteiger partial charge is 1.00 e. The first kappa shape index (κ1) is 22.3. The monoisotopic (exact) mass is 364 g/mol. The summed E-state index contributed by atoms with van der Waals surface area (Å²) in [7, 11) is -2.02. The number of rotatable bonds is 8. The molecule has 0 aromatic heterocycles. The van der Waals surface area contributed by atoms with Gasteiger partial charge in [-0.3, -0.25) is 0 Å². The van der Waals surface area contributed by atoms with Crippen molar-refractivity contribution < 1.29 is 82.2 Å². The van der Waals surface area contributed by atoms with Gasteiger partial charge in [0.25, 0.3) is 0 Å². The van der Waals surface area contributed by atoms with Crippen LogP contribution in [0.2, 0.25) is 0 Å². The molecule has 0 radical (unpaired) electrons. The number of hydrogen-bond donors (Lipinski definition) is 0. The van der Waals surface area contributed by atoms with Crippen molar-refractivity contribution in [1.82, 2.24) is 0 Å². The molecule has 0 saturated heterocycles. The number of methoxy groups -OCH3 is 1. The molecule has 0 aliphatic heterocycles. The minimum Gasteiger partial charge on any atom is -0.497 e. The van der Waals surface area contributed by atoms with Gasteiger partial charge in [0.05, 0.1) is 24.4 Å². The van der Waals surface area contributed by atoms with E-state index in [0.717, 1.165) is 12.1 Å². The van der Waals surface area contributed by atoms with Gasteiger partial charge in [0.1, 0.15) is 12.4 Å². The Morgan fingerprint density at radius 1 is 1.18 bits per heavy atom. The zero-order valence-electron chi connectivity index (χ0n) is 12.8. The minimum atomic E-state index is -5.27. The predicted octanol–water partition coefficient (Wildman–Crippen LogP) is -1.04. The predicted molar refractivity (Wildman–Crippen MR) is 76.1 cm³/mol. The van der Waals surface area contributed by atoms with Gasteiger partial charge in [-0.05, 0) is 24.6 Å². The summed E-state index contributed by atoms with van der Waals surface area (Å²) in [5.74, 6) is -0.628. The summed E-state index contributed by atoms with van der Waals surface area (Å²) in [6, 6.07) is 3.31. The van der Waals surface area contributed by atoms with Crippen LogP contribution in [0.15, 0.2) is 18.2 Å². The SMILES string of the molecule is CCCS(=O)(=O)CCOc1ccc(OC)cc1[B-](F)(F)F.[K+]. The molecule has 0 fully saturated rings. The second-order valence-corrected chi connectivity index (χ2v) is 6.78. The quantitative estimate of drug-likeness (QED) is 0.553. The van der Waals surface area contributed by atoms with Gasteiger partial charge in [0.15, 0.2) is 9.84 Å². The van der Waals surface area contributed by atoms with Crippen molar-refractivity contribution in [2.24, 2.45) is 0 Å². The molecule has 0 unspecified atom stereocenters. The smallest absolute Gasteiger partial charge is 0.497 e. The summed E-state index contributed by atoms with van der Waals surface area (Å²) >= 11 is 0. The van der Waals surface area contributed by atoms with Gasteiger partial charge in [-0.15, -0.1) is 0 Å². The maximum atomic E-state index is 13.0. The third-order valence-corrected chi connectivity index (χ3v) is 4.56. The number of hydrogen-bond acceptors (Lipinski definition) is 4. The minimum absolute atomic E-state index is 0. The van der Waals surface area contributed by atoms with Gasteiger partial charge >= 0.3 is 58.4 Å². The number of halogens is 3. The molecule has 0 heterocycles. The average Bonchev–Trinajstić information content (AvgIpc) is 2.37. The Hall–Kier alpha value is 0.261. The summed E-state index contributed by atoms with van der Waals surface area (Å²) in [5, 5.41) is 0. The molecule has 1 rings (SSSR count). The van der Waals surface area contributed by atoms with E-state index in [4.69, 9.17) is 9.47 Å². The van der Waals surface area contributed by atoms with Gasteiger partial charge in [0.2, 0.25) is 0 Å². The molecule has 0 saturated carbocycles. The number of benzene rings is 1. The van der Waals surface area contributed by atoms with Crippen LogP contribution in [0, 0.1) is 0 Å². The molecule has 0 bridgehead atoms. The zero-order valence-corrected chi connectivity index (χ0v) is 16.8. The van der Waals surface area contributed by atoms with Crippen LogP contribution in [0.4, 0.5) is 12.9 Å². The van der Waals surface area contributed by atoms with Gasteiger partial charge in [-0.25, -0.2) is 8.42 Å². The van der Waals surface area contributed by atoms with Crippen LogP contribution in [-0.2, 0) is 9.84 Å². The summed E-state index contributed by atoms with van der Waals surface area (Å²) in [6.07, 6.45) is 0.460. The molecule has 22 heavy (non-hydrogen) atoms. The second-order valence-electron chi connectivity index (χ2n) is 4.48. The Morgan fingerprint density at radius 3 is 2.32 bits per heavy atom. The van der Waals surface area contributed by atoms with Crippen molar-refractivity contribution in [1.29, 1.82) is 0 Å². The van der Waals surface area contributed by atoms with Gasteiger partial charge in [-0.1, -0.05) is 12.4 Å². The molecular formula is C12H17BF3KO4S. The summed E-state index contributed by atoms with van der Waals surface area (Å²) in [4.78, 5) is 0. The second kappa shape index (κ2) is 9.53. The molecule has 0 N–H and O–H groups in total. The molecule has 0 aliphatic rings. The van der Waals surface area contributed by atoms with Crippen molar-refractivity contribution in [3.05, 3.63) is 18.2 Å². The molecular weight excluding hydrogens is 347 g/mol. The van der Waals surface area contributed by atoms with Crippen LogP contribution in [-0.4, -0.2) is 40.6 Å². The van der Waals surface area contributed by atoms with Gasteiger partial charge in [0, 0.05) is 0 Å². The fourth-order valence-corrected chi connectivity index (χ4v) is 2.90. The van der Waals surface area contributed by atoms with E-state index < -0.39 is 22.3 Å². The van der Waals surface area contributed by atoms with Crippen molar-refractivity contribution >= 4 is 22.3 Å². The fourth-order valence-electron chi connectivity index (χ4n) is 1.73. The first-order chi connectivity index (χ1) is 9.69. The first-order valence-corrected chi connectivity index (χ1v) is 8.23. The van der Waals surface area contributed by atoms with E-state index in [1.54, 1.807) is 6.92 Å². The maximum absolute atomic E-state index is 13.0. The van der Waals surface area contributed by atoms with Crippen molar-refractivity contribution in [3.8, 4) is 11.5 Å². The zero-order chi connectivity index (χ0) is 16.1. The molecule has 1 aromatic carbocycles. The topological polar surface area (TPSA) is 52.6 Å². The standard InChI is InChI=1S/C12H17BF3O4S.K/c1-3-7-21(17,18)8-6-20-12-5-4-10(19-2)9-11(12)13(14,15)16;/h4-5,9H,3,6-8H2,1-2H3;/q-1;+1. The molecule has 1 aromatic rings. The van der Waals surface area contributed by atoms with Crippen LogP contribution in [0.1, 0.15) is 13.3 Å². The molecule has 0 amide bonds. The Balaban J connectivity index is 0.00000441. The Labute approximate surface area is 171 Å². The Morgan fingerprint density at radius 2 is 1.82 bits per heavy atom. The van der Waals surface area contributed by atoms with Crippen LogP contribution >= 0.6 is 0 Å². The van der Waals surface area contributed by atoms with Crippen LogP contribution in [0.25, 0.3) is 0 Å². The normalized spacial score (nSPS) is 11.7. The fraction of sp³-hybridized carbons (Fsp3) is 0.500. The summed E-state index contributed by atoms with van der Waals surface area (Å²) < 4.78 is 71.6. The van der Waals surface area contributed by atoms with E-state index in [-0.39, 0.29) is 81.0 Å². The van der Waals surface area contributed by atoms with Crippen molar-refractivity contribution in [3.63, 3.8) is 0 Å². The van der Waals surface area contributed by atoms with Crippen LogP contribution in [0.3, 0.4) is 0 Å². The van der Waals surface area contributed by atoms with Crippen molar-refractivity contribution in [2.45, 2.75) is 13.3 Å². The third kappa shape index (κ3) is 7.22. The van der Waals surface area contributed by atoms with Crippen LogP contribution in [0.5, 0.6) is 11.5 Å². The molecule has 120 valence electrons. The van der Waals surface area contributed by atoms with Gasteiger partial charge < -0.3 is 22.4 Å². The van der Waals surface area contributed by atoms with E-state index in [0.29, 0.717) is 6.42 Å². The average molecular weight is 364 g/mol. The van der Waals surface area contributed by atoms with Crippen LogP contribution < -0.4 is 66.3 Å². The first-order valence-electron chi connectivity index (χ1n) is 6.40. The maximum Gasteiger partial charge on any atom is 1.00 e. The van der Waals surface area contributed by atoms with Crippen molar-refractivity contribution in [2.75, 3.05) is 25.2 Å². The van der Waals surface area contributed by atoms with E-state index >= 15 is 0 Å². The van der Waals surface area contributed by atoms with E-state index in [1.807, 2.05) is 0 Å². The number of ether oxygens (including phenoxy) is 2. The van der Waals surface area contributed by atoms with E-state index in [2.05, 4.69) is 0 Å². The summed E-state index contributed by atoms with van der Waals surface area (Å²) in [6.45, 7) is -3.87. The molecule has 0 aliphatic carbocycles. The van der Waals surface area contributed by atoms with E-state index in [1.165, 1.54) is 13.2 Å². The van der Waals surface area contributed by atoms with E-state index in [9.17, 15) is 21.4 Å². The molecule has 4 nitrogen and oxygen atoms in total. The summed E-state index contributed by atoms with van der Waals surface area (Å²) in [5.41, 5.74) is -0.928. The van der Waals surface area contributed by atoms with Gasteiger partial charge in [-0.2, -0.15) is 0 Å². The Kier molecular flexibility index (Phi) is 9.64. The molecule has 10 heteroatoms. The Bertz CT molecular complexity index is 578. The number of sulfone groups is 1. The molecule has 0 atom stereocenters. The third-order valence-electron chi connectivity index (χ3n) is 2.74. The molecule has 0 spiro atoms.